The molecule has 1 amide bonds. The van der Waals surface area contributed by atoms with Crippen LogP contribution in [0.1, 0.15) is 22.8 Å². The van der Waals surface area contributed by atoms with Gasteiger partial charge in [0.15, 0.2) is 6.10 Å². The molecule has 0 aliphatic carbocycles. The van der Waals surface area contributed by atoms with Crippen molar-refractivity contribution in [2.45, 2.75) is 19.6 Å². The van der Waals surface area contributed by atoms with Crippen molar-refractivity contribution >= 4 is 11.9 Å². The summed E-state index contributed by atoms with van der Waals surface area (Å²) in [6.07, 6.45) is 1.99. The van der Waals surface area contributed by atoms with Crippen molar-refractivity contribution in [2.24, 2.45) is 0 Å². The first kappa shape index (κ1) is 18.2. The van der Waals surface area contributed by atoms with Crippen LogP contribution in [-0.4, -0.2) is 32.7 Å². The number of rotatable bonds is 6. The summed E-state index contributed by atoms with van der Waals surface area (Å²) in [5.41, 5.74) is 1.80. The van der Waals surface area contributed by atoms with Gasteiger partial charge in [-0.2, -0.15) is 5.10 Å². The summed E-state index contributed by atoms with van der Waals surface area (Å²) < 4.78 is 19.6. The summed E-state index contributed by atoms with van der Waals surface area (Å²) >= 11 is 0. The number of esters is 1. The fourth-order valence-electron chi connectivity index (χ4n) is 2.31. The standard InChI is InChI=1S/C19H17FN4O3/c1-13(18(25)22-10-14-2-6-16(20)7-3-14)27-19(26)15-4-8-17(9-5-15)24-12-21-11-23-24/h2-9,11-13H,10H2,1H3,(H,22,25). The van der Waals surface area contributed by atoms with Crippen LogP contribution in [0.2, 0.25) is 0 Å². The van der Waals surface area contributed by atoms with E-state index in [1.807, 2.05) is 0 Å². The van der Waals surface area contributed by atoms with Crippen molar-refractivity contribution < 1.29 is 18.7 Å². The number of nitrogens with one attached hydrogen (secondary N) is 1. The van der Waals surface area contributed by atoms with E-state index in [2.05, 4.69) is 15.4 Å². The van der Waals surface area contributed by atoms with Gasteiger partial charge in [-0.1, -0.05) is 12.1 Å². The number of ether oxygens (including phenoxy) is 1. The Morgan fingerprint density at radius 2 is 1.85 bits per heavy atom. The molecule has 2 aromatic carbocycles. The van der Waals surface area contributed by atoms with Crippen molar-refractivity contribution in [3.8, 4) is 5.69 Å². The van der Waals surface area contributed by atoms with Crippen LogP contribution in [0.25, 0.3) is 5.69 Å². The minimum absolute atomic E-state index is 0.216. The molecule has 0 fully saturated rings. The third kappa shape index (κ3) is 4.75. The summed E-state index contributed by atoms with van der Waals surface area (Å²) in [5.74, 6) is -1.39. The van der Waals surface area contributed by atoms with Crippen molar-refractivity contribution in [3.63, 3.8) is 0 Å². The molecule has 0 saturated carbocycles. The SMILES string of the molecule is CC(OC(=O)c1ccc(-n2cncn2)cc1)C(=O)NCc1ccc(F)cc1. The van der Waals surface area contributed by atoms with E-state index in [1.54, 1.807) is 47.4 Å². The molecule has 1 N–H and O–H groups in total. The second-order valence-corrected chi connectivity index (χ2v) is 5.78. The minimum atomic E-state index is -0.965. The molecule has 3 rings (SSSR count). The summed E-state index contributed by atoms with van der Waals surface area (Å²) in [6.45, 7) is 1.70. The van der Waals surface area contributed by atoms with Gasteiger partial charge in [0.25, 0.3) is 5.91 Å². The lowest BCUT2D eigenvalue weighted by Crippen LogP contribution is -2.35. The van der Waals surface area contributed by atoms with Gasteiger partial charge in [-0.25, -0.2) is 18.9 Å². The summed E-state index contributed by atoms with van der Waals surface area (Å²) in [4.78, 5) is 28.1. The average molecular weight is 368 g/mol. The number of hydrogen-bond donors (Lipinski definition) is 1. The Hall–Kier alpha value is -3.55. The van der Waals surface area contributed by atoms with Gasteiger partial charge in [0.1, 0.15) is 18.5 Å². The van der Waals surface area contributed by atoms with Gasteiger partial charge < -0.3 is 10.1 Å². The number of carbonyl (C=O) groups excluding carboxylic acids is 2. The predicted molar refractivity (Wildman–Crippen MR) is 94.5 cm³/mol. The number of hydrogen-bond acceptors (Lipinski definition) is 5. The molecule has 7 nitrogen and oxygen atoms in total. The Balaban J connectivity index is 1.53. The fourth-order valence-corrected chi connectivity index (χ4v) is 2.31. The highest BCUT2D eigenvalue weighted by molar-refractivity contribution is 5.92. The van der Waals surface area contributed by atoms with Crippen LogP contribution in [0.5, 0.6) is 0 Å². The third-order valence-corrected chi connectivity index (χ3v) is 3.82. The molecule has 3 aromatic rings. The van der Waals surface area contributed by atoms with Gasteiger partial charge in [-0.3, -0.25) is 4.79 Å². The molecule has 0 radical (unpaired) electrons. The van der Waals surface area contributed by atoms with Crippen molar-refractivity contribution in [1.82, 2.24) is 20.1 Å². The zero-order chi connectivity index (χ0) is 19.2. The summed E-state index contributed by atoms with van der Waals surface area (Å²) in [5, 5.41) is 6.64. The molecule has 0 aliphatic rings. The first-order valence-electron chi connectivity index (χ1n) is 8.21. The molecule has 138 valence electrons. The highest BCUT2D eigenvalue weighted by atomic mass is 19.1. The first-order chi connectivity index (χ1) is 13.0. The average Bonchev–Trinajstić information content (AvgIpc) is 3.22. The van der Waals surface area contributed by atoms with Crippen LogP contribution in [0, 0.1) is 5.82 Å². The lowest BCUT2D eigenvalue weighted by atomic mass is 10.2. The molecular formula is C19H17FN4O3. The molecule has 1 atom stereocenters. The zero-order valence-electron chi connectivity index (χ0n) is 14.5. The third-order valence-electron chi connectivity index (χ3n) is 3.82. The van der Waals surface area contributed by atoms with E-state index in [9.17, 15) is 14.0 Å². The normalized spacial score (nSPS) is 11.6. The highest BCUT2D eigenvalue weighted by Gasteiger charge is 2.18. The molecule has 27 heavy (non-hydrogen) atoms. The predicted octanol–water partition coefficient (Wildman–Crippen LogP) is 2.27. The van der Waals surface area contributed by atoms with E-state index in [1.165, 1.54) is 25.4 Å². The number of aromatic nitrogens is 3. The fraction of sp³-hybridized carbons (Fsp3) is 0.158. The molecule has 1 aromatic heterocycles. The van der Waals surface area contributed by atoms with E-state index >= 15 is 0 Å². The van der Waals surface area contributed by atoms with Gasteiger partial charge in [-0.05, 0) is 48.9 Å². The van der Waals surface area contributed by atoms with E-state index < -0.39 is 18.0 Å². The second-order valence-electron chi connectivity index (χ2n) is 5.78. The van der Waals surface area contributed by atoms with Gasteiger partial charge in [-0.15, -0.1) is 0 Å². The minimum Gasteiger partial charge on any atom is -0.449 e. The van der Waals surface area contributed by atoms with Crippen LogP contribution in [0.15, 0.2) is 61.2 Å². The van der Waals surface area contributed by atoms with Crippen LogP contribution in [-0.2, 0) is 16.1 Å². The summed E-state index contributed by atoms with van der Waals surface area (Å²) in [6, 6.07) is 12.3. The first-order valence-corrected chi connectivity index (χ1v) is 8.21. The molecular weight excluding hydrogens is 351 g/mol. The maximum Gasteiger partial charge on any atom is 0.338 e. The number of halogens is 1. The quantitative estimate of drug-likeness (QED) is 0.675. The van der Waals surface area contributed by atoms with E-state index in [-0.39, 0.29) is 12.4 Å². The Morgan fingerprint density at radius 1 is 1.15 bits per heavy atom. The molecule has 1 unspecified atom stereocenters. The Bertz CT molecular complexity index is 909. The topological polar surface area (TPSA) is 86.1 Å². The van der Waals surface area contributed by atoms with Gasteiger partial charge in [0, 0.05) is 6.54 Å². The Labute approximate surface area is 154 Å². The van der Waals surface area contributed by atoms with Crippen molar-refractivity contribution in [1.29, 1.82) is 0 Å². The van der Waals surface area contributed by atoms with Crippen molar-refractivity contribution in [2.75, 3.05) is 0 Å². The smallest absolute Gasteiger partial charge is 0.338 e. The van der Waals surface area contributed by atoms with Crippen LogP contribution in [0.4, 0.5) is 4.39 Å². The Kier molecular flexibility index (Phi) is 5.55. The lowest BCUT2D eigenvalue weighted by molar-refractivity contribution is -0.129. The van der Waals surface area contributed by atoms with Crippen molar-refractivity contribution in [3.05, 3.63) is 78.1 Å². The second kappa shape index (κ2) is 8.22. The number of benzene rings is 2. The molecule has 0 bridgehead atoms. The number of carbonyl (C=O) groups is 2. The molecule has 0 aliphatic heterocycles. The lowest BCUT2D eigenvalue weighted by Gasteiger charge is -2.14. The van der Waals surface area contributed by atoms with Crippen LogP contribution in [0.3, 0.4) is 0 Å². The Morgan fingerprint density at radius 3 is 2.48 bits per heavy atom. The molecule has 0 spiro atoms. The van der Waals surface area contributed by atoms with E-state index in [4.69, 9.17) is 4.74 Å². The van der Waals surface area contributed by atoms with E-state index in [0.29, 0.717) is 5.56 Å². The summed E-state index contributed by atoms with van der Waals surface area (Å²) in [7, 11) is 0. The highest BCUT2D eigenvalue weighted by Crippen LogP contribution is 2.10. The van der Waals surface area contributed by atoms with Gasteiger partial charge in [0.2, 0.25) is 0 Å². The zero-order valence-corrected chi connectivity index (χ0v) is 14.5. The van der Waals surface area contributed by atoms with E-state index in [0.717, 1.165) is 11.3 Å². The molecule has 8 heteroatoms. The maximum atomic E-state index is 12.9. The largest absolute Gasteiger partial charge is 0.449 e. The van der Waals surface area contributed by atoms with Crippen LogP contribution < -0.4 is 5.32 Å². The van der Waals surface area contributed by atoms with Crippen LogP contribution >= 0.6 is 0 Å². The monoisotopic (exact) mass is 368 g/mol. The molecule has 1 heterocycles. The van der Waals surface area contributed by atoms with Gasteiger partial charge in [0.05, 0.1) is 11.3 Å². The number of amides is 1. The number of nitrogens with zero attached hydrogens (tertiary/aromatic N) is 3. The van der Waals surface area contributed by atoms with Gasteiger partial charge >= 0.3 is 5.97 Å². The maximum absolute atomic E-state index is 12.9. The molecule has 0 saturated heterocycles.